The van der Waals surface area contributed by atoms with Crippen molar-refractivity contribution in [3.05, 3.63) is 52.6 Å². The van der Waals surface area contributed by atoms with E-state index in [1.807, 2.05) is 4.90 Å². The number of nitrogens with zero attached hydrogens (tertiary/aromatic N) is 2. The molecule has 1 atom stereocenters. The number of hydrogen-bond donors (Lipinski definition) is 1. The molecular formula is C24H29N3O5. The predicted molar refractivity (Wildman–Crippen MR) is 117 cm³/mol. The lowest BCUT2D eigenvalue weighted by Gasteiger charge is -2.30. The fourth-order valence-electron chi connectivity index (χ4n) is 3.94. The smallest absolute Gasteiger partial charge is 0.338 e. The minimum Gasteiger partial charge on any atom is -0.484 e. The first-order valence-electron chi connectivity index (χ1n) is 10.8. The number of rotatable bonds is 6. The Morgan fingerprint density at radius 3 is 2.50 bits per heavy atom. The van der Waals surface area contributed by atoms with Gasteiger partial charge in [-0.25, -0.2) is 4.79 Å². The van der Waals surface area contributed by atoms with E-state index in [9.17, 15) is 14.9 Å². The highest BCUT2D eigenvalue weighted by atomic mass is 16.5. The molecular weight excluding hydrogens is 410 g/mol. The Morgan fingerprint density at radius 2 is 1.91 bits per heavy atom. The number of piperidine rings is 1. The van der Waals surface area contributed by atoms with Crippen LogP contribution in [-0.4, -0.2) is 43.1 Å². The van der Waals surface area contributed by atoms with Gasteiger partial charge in [0.25, 0.3) is 5.91 Å². The van der Waals surface area contributed by atoms with Gasteiger partial charge in [-0.1, -0.05) is 19.1 Å². The van der Waals surface area contributed by atoms with Gasteiger partial charge in [0, 0.05) is 13.1 Å². The summed E-state index contributed by atoms with van der Waals surface area (Å²) in [5.41, 5.74) is 6.96. The van der Waals surface area contributed by atoms with E-state index in [4.69, 9.17) is 19.9 Å². The van der Waals surface area contributed by atoms with E-state index in [2.05, 4.69) is 13.0 Å². The third-order valence-electron chi connectivity index (χ3n) is 5.81. The van der Waals surface area contributed by atoms with Crippen LogP contribution in [0.3, 0.4) is 0 Å². The summed E-state index contributed by atoms with van der Waals surface area (Å²) in [4.78, 5) is 26.8. The minimum absolute atomic E-state index is 0.0314. The molecule has 1 amide bonds. The number of allylic oxidation sites excluding steroid dienone is 2. The molecule has 0 aromatic heterocycles. The number of nitriles is 1. The molecule has 1 saturated heterocycles. The Kier molecular flexibility index (Phi) is 7.41. The summed E-state index contributed by atoms with van der Waals surface area (Å²) >= 11 is 0. The molecule has 2 aliphatic heterocycles. The van der Waals surface area contributed by atoms with E-state index in [-0.39, 0.29) is 36.2 Å². The highest BCUT2D eigenvalue weighted by Crippen LogP contribution is 2.39. The zero-order chi connectivity index (χ0) is 23.3. The largest absolute Gasteiger partial charge is 0.484 e. The second-order valence-corrected chi connectivity index (χ2v) is 8.04. The van der Waals surface area contributed by atoms with E-state index in [1.165, 1.54) is 0 Å². The summed E-state index contributed by atoms with van der Waals surface area (Å²) in [7, 11) is 0. The average Bonchev–Trinajstić information content (AvgIpc) is 2.78. The molecule has 32 heavy (non-hydrogen) atoms. The maximum atomic E-state index is 12.6. The van der Waals surface area contributed by atoms with Gasteiger partial charge in [-0.2, -0.15) is 5.26 Å². The van der Waals surface area contributed by atoms with Gasteiger partial charge < -0.3 is 24.8 Å². The lowest BCUT2D eigenvalue weighted by molar-refractivity contribution is -0.139. The van der Waals surface area contributed by atoms with Crippen LogP contribution >= 0.6 is 0 Å². The van der Waals surface area contributed by atoms with E-state index in [1.54, 1.807) is 38.1 Å². The molecule has 1 aromatic carbocycles. The van der Waals surface area contributed by atoms with Crippen molar-refractivity contribution in [3.8, 4) is 11.8 Å². The first-order valence-corrected chi connectivity index (χ1v) is 10.8. The van der Waals surface area contributed by atoms with Crippen molar-refractivity contribution in [3.63, 3.8) is 0 Å². The van der Waals surface area contributed by atoms with Crippen LogP contribution in [0.5, 0.6) is 5.75 Å². The standard InChI is InChI=1S/C24H29N3O5/c1-4-30-24(29)21-16(3)32-23(26)19(13-25)22(21)17-5-7-18(8-6-17)31-14-20(28)27-11-9-15(2)10-12-27/h5-8,15,22H,4,9-12,14,26H2,1-3H3. The maximum absolute atomic E-state index is 12.6. The summed E-state index contributed by atoms with van der Waals surface area (Å²) in [5.74, 6) is 0.132. The molecule has 2 heterocycles. The monoisotopic (exact) mass is 439 g/mol. The predicted octanol–water partition coefficient (Wildman–Crippen LogP) is 2.97. The normalized spacial score (nSPS) is 19.3. The molecule has 1 fully saturated rings. The molecule has 2 aliphatic rings. The van der Waals surface area contributed by atoms with E-state index in [0.29, 0.717) is 23.0 Å². The van der Waals surface area contributed by atoms with Crippen molar-refractivity contribution in [1.29, 1.82) is 5.26 Å². The topological polar surface area (TPSA) is 115 Å². The summed E-state index contributed by atoms with van der Waals surface area (Å²) in [6, 6.07) is 8.96. The second-order valence-electron chi connectivity index (χ2n) is 8.04. The Labute approximate surface area is 188 Å². The number of carbonyl (C=O) groups is 2. The number of benzene rings is 1. The molecule has 3 rings (SSSR count). The van der Waals surface area contributed by atoms with E-state index >= 15 is 0 Å². The van der Waals surface area contributed by atoms with Gasteiger partial charge in [0.1, 0.15) is 23.2 Å². The zero-order valence-electron chi connectivity index (χ0n) is 18.7. The SMILES string of the molecule is CCOC(=O)C1=C(C)OC(N)=C(C#N)C1c1ccc(OCC(=O)N2CCC(C)CC2)cc1. The van der Waals surface area contributed by atoms with Crippen molar-refractivity contribution in [2.75, 3.05) is 26.3 Å². The molecule has 0 radical (unpaired) electrons. The molecule has 8 nitrogen and oxygen atoms in total. The Hall–Kier alpha value is -3.47. The quantitative estimate of drug-likeness (QED) is 0.678. The van der Waals surface area contributed by atoms with Crippen molar-refractivity contribution in [1.82, 2.24) is 4.90 Å². The Bertz CT molecular complexity index is 966. The molecule has 8 heteroatoms. The van der Waals surface area contributed by atoms with Gasteiger partial charge in [-0.05, 0) is 50.3 Å². The molecule has 0 bridgehead atoms. The lowest BCUT2D eigenvalue weighted by atomic mass is 9.83. The Balaban J connectivity index is 1.75. The third-order valence-corrected chi connectivity index (χ3v) is 5.81. The molecule has 170 valence electrons. The van der Waals surface area contributed by atoms with Gasteiger partial charge in [0.15, 0.2) is 6.61 Å². The van der Waals surface area contributed by atoms with Crippen LogP contribution in [0.1, 0.15) is 45.1 Å². The fraction of sp³-hybridized carbons (Fsp3) is 0.458. The zero-order valence-corrected chi connectivity index (χ0v) is 18.7. The number of amides is 1. The van der Waals surface area contributed by atoms with Crippen molar-refractivity contribution >= 4 is 11.9 Å². The highest BCUT2D eigenvalue weighted by molar-refractivity contribution is 5.92. The molecule has 0 saturated carbocycles. The number of hydrogen-bond acceptors (Lipinski definition) is 7. The Morgan fingerprint density at radius 1 is 1.25 bits per heavy atom. The molecule has 1 aromatic rings. The van der Waals surface area contributed by atoms with Crippen molar-refractivity contribution in [2.45, 2.75) is 39.5 Å². The van der Waals surface area contributed by atoms with Crippen LogP contribution in [0.2, 0.25) is 0 Å². The average molecular weight is 440 g/mol. The van der Waals surface area contributed by atoms with Crippen LogP contribution in [0.25, 0.3) is 0 Å². The summed E-state index contributed by atoms with van der Waals surface area (Å²) < 4.78 is 16.3. The molecule has 0 spiro atoms. The van der Waals surface area contributed by atoms with Crippen molar-refractivity contribution in [2.24, 2.45) is 11.7 Å². The third kappa shape index (κ3) is 5.05. The highest BCUT2D eigenvalue weighted by Gasteiger charge is 2.36. The second kappa shape index (κ2) is 10.2. The molecule has 0 aliphatic carbocycles. The molecule has 2 N–H and O–H groups in total. The number of likely N-dealkylation sites (tertiary alicyclic amines) is 1. The number of esters is 1. The van der Waals surface area contributed by atoms with Gasteiger partial charge in [0.2, 0.25) is 5.88 Å². The van der Waals surface area contributed by atoms with Gasteiger partial charge >= 0.3 is 5.97 Å². The van der Waals surface area contributed by atoms with Crippen LogP contribution < -0.4 is 10.5 Å². The van der Waals surface area contributed by atoms with Crippen LogP contribution in [0.15, 0.2) is 47.1 Å². The summed E-state index contributed by atoms with van der Waals surface area (Å²) in [5, 5.41) is 9.64. The summed E-state index contributed by atoms with van der Waals surface area (Å²) in [6.07, 6.45) is 2.03. The van der Waals surface area contributed by atoms with E-state index in [0.717, 1.165) is 25.9 Å². The van der Waals surface area contributed by atoms with Gasteiger partial charge in [-0.15, -0.1) is 0 Å². The fourth-order valence-corrected chi connectivity index (χ4v) is 3.94. The number of carbonyl (C=O) groups excluding carboxylic acids is 2. The maximum Gasteiger partial charge on any atom is 0.338 e. The van der Waals surface area contributed by atoms with Crippen LogP contribution in [-0.2, 0) is 19.1 Å². The lowest BCUT2D eigenvalue weighted by Crippen LogP contribution is -2.40. The van der Waals surface area contributed by atoms with Crippen molar-refractivity contribution < 1.29 is 23.8 Å². The first kappa shape index (κ1) is 23.2. The van der Waals surface area contributed by atoms with Crippen LogP contribution in [0.4, 0.5) is 0 Å². The summed E-state index contributed by atoms with van der Waals surface area (Å²) in [6.45, 7) is 7.21. The van der Waals surface area contributed by atoms with E-state index < -0.39 is 11.9 Å². The van der Waals surface area contributed by atoms with Gasteiger partial charge in [0.05, 0.1) is 18.1 Å². The molecule has 1 unspecified atom stereocenters. The van der Waals surface area contributed by atoms with Crippen LogP contribution in [0, 0.1) is 17.2 Å². The number of nitrogens with two attached hydrogens (primary N) is 1. The first-order chi connectivity index (χ1) is 15.3. The minimum atomic E-state index is -0.709. The van der Waals surface area contributed by atoms with Gasteiger partial charge in [-0.3, -0.25) is 4.79 Å². The number of ether oxygens (including phenoxy) is 3.